The van der Waals surface area contributed by atoms with Crippen LogP contribution in [0, 0.1) is 11.3 Å². The molecule has 14 heavy (non-hydrogen) atoms. The summed E-state index contributed by atoms with van der Waals surface area (Å²) in [6.45, 7) is 10.4. The predicted octanol–water partition coefficient (Wildman–Crippen LogP) is 1.19. The maximum atomic E-state index is 11.3. The predicted molar refractivity (Wildman–Crippen MR) is 57.5 cm³/mol. The van der Waals surface area contributed by atoms with Gasteiger partial charge in [-0.2, -0.15) is 0 Å². The van der Waals surface area contributed by atoms with Gasteiger partial charge in [0.25, 0.3) is 0 Å². The molecule has 1 heterocycles. The zero-order valence-corrected chi connectivity index (χ0v) is 9.63. The molecule has 1 saturated heterocycles. The largest absolute Gasteiger partial charge is 0.368 e. The molecule has 81 valence electrons. The van der Waals surface area contributed by atoms with Crippen LogP contribution in [0.15, 0.2) is 0 Å². The van der Waals surface area contributed by atoms with Gasteiger partial charge in [-0.1, -0.05) is 27.7 Å². The van der Waals surface area contributed by atoms with Crippen molar-refractivity contribution < 1.29 is 4.79 Å². The lowest BCUT2D eigenvalue weighted by molar-refractivity contribution is -0.122. The molecule has 1 aliphatic rings. The molecule has 0 bridgehead atoms. The molecule has 1 atom stereocenters. The third-order valence-corrected chi connectivity index (χ3v) is 2.67. The van der Waals surface area contributed by atoms with Crippen molar-refractivity contribution in [1.82, 2.24) is 4.90 Å². The Labute approximate surface area is 86.6 Å². The minimum absolute atomic E-state index is 0.0695. The lowest BCUT2D eigenvalue weighted by Gasteiger charge is -2.23. The van der Waals surface area contributed by atoms with E-state index in [4.69, 9.17) is 5.73 Å². The number of nitrogens with zero attached hydrogens (tertiary/aromatic N) is 1. The minimum Gasteiger partial charge on any atom is -0.368 e. The van der Waals surface area contributed by atoms with E-state index in [2.05, 4.69) is 32.6 Å². The van der Waals surface area contributed by atoms with E-state index in [1.807, 2.05) is 0 Å². The van der Waals surface area contributed by atoms with Crippen molar-refractivity contribution in [2.75, 3.05) is 13.1 Å². The molecule has 0 aromatic rings. The molecule has 1 unspecified atom stereocenters. The van der Waals surface area contributed by atoms with Crippen molar-refractivity contribution in [1.29, 1.82) is 0 Å². The highest BCUT2D eigenvalue weighted by atomic mass is 16.1. The molecule has 0 aliphatic carbocycles. The van der Waals surface area contributed by atoms with E-state index in [-0.39, 0.29) is 17.4 Å². The van der Waals surface area contributed by atoms with Gasteiger partial charge in [0.2, 0.25) is 5.91 Å². The third-order valence-electron chi connectivity index (χ3n) is 2.67. The van der Waals surface area contributed by atoms with Gasteiger partial charge >= 0.3 is 0 Å². The molecule has 2 N–H and O–H groups in total. The number of hydrogen-bond donors (Lipinski definition) is 1. The van der Waals surface area contributed by atoms with Crippen LogP contribution in [0.4, 0.5) is 0 Å². The molecule has 1 radical (unpaired) electrons. The van der Waals surface area contributed by atoms with Gasteiger partial charge in [0.15, 0.2) is 0 Å². The third kappa shape index (κ3) is 2.71. The molecule has 1 fully saturated rings. The summed E-state index contributed by atoms with van der Waals surface area (Å²) in [6, 6.07) is -0.0695. The van der Waals surface area contributed by atoms with E-state index in [0.717, 1.165) is 19.5 Å². The van der Waals surface area contributed by atoms with Gasteiger partial charge in [0.05, 0.1) is 6.04 Å². The van der Waals surface area contributed by atoms with Gasteiger partial charge < -0.3 is 5.73 Å². The summed E-state index contributed by atoms with van der Waals surface area (Å²) in [4.78, 5) is 13.4. The fraction of sp³-hybridized carbons (Fsp3) is 0.818. The SMILES string of the molecule is C[C](C)CN1CC(C)(C)CC1C(N)=O. The Kier molecular flexibility index (Phi) is 3.20. The van der Waals surface area contributed by atoms with E-state index < -0.39 is 0 Å². The molecule has 1 rings (SSSR count). The number of likely N-dealkylation sites (tertiary alicyclic amines) is 1. The Balaban J connectivity index is 2.67. The Morgan fingerprint density at radius 1 is 1.50 bits per heavy atom. The normalized spacial score (nSPS) is 27.1. The summed E-state index contributed by atoms with van der Waals surface area (Å²) in [5, 5.41) is 0. The van der Waals surface area contributed by atoms with Crippen molar-refractivity contribution in [3.05, 3.63) is 5.92 Å². The molecular weight excluding hydrogens is 176 g/mol. The number of carbonyl (C=O) groups is 1. The lowest BCUT2D eigenvalue weighted by Crippen LogP contribution is -2.41. The van der Waals surface area contributed by atoms with Crippen LogP contribution in [0.25, 0.3) is 0 Å². The molecule has 0 spiro atoms. The van der Waals surface area contributed by atoms with Crippen LogP contribution in [-0.4, -0.2) is 29.9 Å². The van der Waals surface area contributed by atoms with Crippen molar-refractivity contribution in [3.63, 3.8) is 0 Å². The minimum atomic E-state index is -0.183. The van der Waals surface area contributed by atoms with Crippen LogP contribution in [-0.2, 0) is 4.79 Å². The number of hydrogen-bond acceptors (Lipinski definition) is 2. The van der Waals surface area contributed by atoms with Crippen LogP contribution in [0.1, 0.15) is 34.1 Å². The quantitative estimate of drug-likeness (QED) is 0.738. The average Bonchev–Trinajstić information content (AvgIpc) is 2.24. The van der Waals surface area contributed by atoms with Gasteiger partial charge in [-0.25, -0.2) is 0 Å². The number of primary amides is 1. The van der Waals surface area contributed by atoms with Crippen molar-refractivity contribution >= 4 is 5.91 Å². The fourth-order valence-corrected chi connectivity index (χ4v) is 2.23. The monoisotopic (exact) mass is 197 g/mol. The van der Waals surface area contributed by atoms with E-state index in [0.29, 0.717) is 0 Å². The maximum absolute atomic E-state index is 11.3. The zero-order chi connectivity index (χ0) is 10.9. The Hall–Kier alpha value is -0.570. The average molecular weight is 197 g/mol. The van der Waals surface area contributed by atoms with E-state index in [9.17, 15) is 4.79 Å². The van der Waals surface area contributed by atoms with Crippen molar-refractivity contribution in [2.45, 2.75) is 40.2 Å². The second-order valence-electron chi connectivity index (χ2n) is 5.40. The van der Waals surface area contributed by atoms with E-state index in [1.165, 1.54) is 5.92 Å². The van der Waals surface area contributed by atoms with Crippen LogP contribution in [0.2, 0.25) is 0 Å². The van der Waals surface area contributed by atoms with Crippen LogP contribution < -0.4 is 5.73 Å². The summed E-state index contributed by atoms with van der Waals surface area (Å²) in [6.07, 6.45) is 0.885. The summed E-state index contributed by atoms with van der Waals surface area (Å²) < 4.78 is 0. The second-order valence-corrected chi connectivity index (χ2v) is 5.40. The molecule has 0 aromatic heterocycles. The Morgan fingerprint density at radius 3 is 2.50 bits per heavy atom. The standard InChI is InChI=1S/C11H21N2O/c1-8(2)6-13-7-11(3,4)5-9(13)10(12)14/h9H,5-7H2,1-4H3,(H2,12,14). The Morgan fingerprint density at radius 2 is 2.07 bits per heavy atom. The molecule has 0 aromatic carbocycles. The van der Waals surface area contributed by atoms with Gasteiger partial charge in [-0.15, -0.1) is 0 Å². The van der Waals surface area contributed by atoms with Crippen molar-refractivity contribution in [2.24, 2.45) is 11.1 Å². The van der Waals surface area contributed by atoms with Crippen LogP contribution in [0.5, 0.6) is 0 Å². The Bertz CT molecular complexity index is 223. The van der Waals surface area contributed by atoms with E-state index in [1.54, 1.807) is 0 Å². The molecule has 3 nitrogen and oxygen atoms in total. The summed E-state index contributed by atoms with van der Waals surface area (Å²) in [5.41, 5.74) is 5.61. The smallest absolute Gasteiger partial charge is 0.234 e. The number of amides is 1. The first-order chi connectivity index (χ1) is 6.32. The molecule has 1 amide bonds. The molecule has 0 saturated carbocycles. The van der Waals surface area contributed by atoms with Crippen LogP contribution in [0.3, 0.4) is 0 Å². The fourth-order valence-electron chi connectivity index (χ4n) is 2.23. The first-order valence-electron chi connectivity index (χ1n) is 5.14. The maximum Gasteiger partial charge on any atom is 0.234 e. The molecular formula is C11H21N2O. The van der Waals surface area contributed by atoms with Crippen molar-refractivity contribution in [3.8, 4) is 0 Å². The highest BCUT2D eigenvalue weighted by Gasteiger charge is 2.40. The summed E-state index contributed by atoms with van der Waals surface area (Å²) in [7, 11) is 0. The highest BCUT2D eigenvalue weighted by Crippen LogP contribution is 2.34. The van der Waals surface area contributed by atoms with Crippen LogP contribution >= 0.6 is 0 Å². The first kappa shape index (κ1) is 11.5. The molecule has 3 heteroatoms. The topological polar surface area (TPSA) is 46.3 Å². The van der Waals surface area contributed by atoms with E-state index >= 15 is 0 Å². The molecule has 1 aliphatic heterocycles. The summed E-state index contributed by atoms with van der Waals surface area (Å²) >= 11 is 0. The highest BCUT2D eigenvalue weighted by molar-refractivity contribution is 5.80. The second kappa shape index (κ2) is 3.89. The first-order valence-corrected chi connectivity index (χ1v) is 5.14. The zero-order valence-electron chi connectivity index (χ0n) is 9.63. The lowest BCUT2D eigenvalue weighted by atomic mass is 9.90. The number of nitrogens with two attached hydrogens (primary N) is 1. The van der Waals surface area contributed by atoms with Gasteiger partial charge in [-0.05, 0) is 17.8 Å². The number of rotatable bonds is 3. The summed E-state index contributed by atoms with van der Waals surface area (Å²) in [5.74, 6) is 1.14. The number of carbonyl (C=O) groups excluding carboxylic acids is 1. The van der Waals surface area contributed by atoms with Gasteiger partial charge in [-0.3, -0.25) is 9.69 Å². The van der Waals surface area contributed by atoms with Gasteiger partial charge in [0.1, 0.15) is 0 Å². The van der Waals surface area contributed by atoms with Gasteiger partial charge in [0, 0.05) is 13.1 Å².